The highest BCUT2D eigenvalue weighted by Gasteiger charge is 2.09. The highest BCUT2D eigenvalue weighted by atomic mass is 19.1. The Labute approximate surface area is 132 Å². The van der Waals surface area contributed by atoms with Gasteiger partial charge in [0, 0.05) is 31.9 Å². The minimum atomic E-state index is -0.846. The number of anilines is 2. The van der Waals surface area contributed by atoms with Gasteiger partial charge in [0.2, 0.25) is 0 Å². The first-order valence-corrected chi connectivity index (χ1v) is 6.87. The van der Waals surface area contributed by atoms with E-state index >= 15 is 0 Å². The van der Waals surface area contributed by atoms with Crippen LogP contribution < -0.4 is 15.5 Å². The van der Waals surface area contributed by atoms with Gasteiger partial charge >= 0.3 is 6.03 Å². The first-order chi connectivity index (χ1) is 10.8. The molecule has 2 amide bonds. The third kappa shape index (κ3) is 4.60. The Morgan fingerprint density at radius 2 is 1.96 bits per heavy atom. The van der Waals surface area contributed by atoms with Crippen LogP contribution in [0.4, 0.5) is 25.1 Å². The van der Waals surface area contributed by atoms with Crippen LogP contribution >= 0.6 is 0 Å². The Morgan fingerprint density at radius 1 is 1.22 bits per heavy atom. The van der Waals surface area contributed by atoms with Gasteiger partial charge in [-0.3, -0.25) is 0 Å². The monoisotopic (exact) mass is 321 g/mol. The van der Waals surface area contributed by atoms with Crippen LogP contribution in [0.2, 0.25) is 0 Å². The number of carbonyl (C=O) groups is 1. The zero-order valence-electron chi connectivity index (χ0n) is 13.0. The van der Waals surface area contributed by atoms with Crippen molar-refractivity contribution in [3.8, 4) is 0 Å². The van der Waals surface area contributed by atoms with Gasteiger partial charge in [0.1, 0.15) is 23.3 Å². The maximum atomic E-state index is 13.5. The Hall–Kier alpha value is -2.77. The predicted octanol–water partition coefficient (Wildman–Crippen LogP) is 2.45. The topological polar surface area (TPSA) is 70.2 Å². The van der Waals surface area contributed by atoms with Crippen molar-refractivity contribution >= 4 is 17.5 Å². The van der Waals surface area contributed by atoms with Gasteiger partial charge in [-0.15, -0.1) is 0 Å². The molecular formula is C15H17F2N5O. The van der Waals surface area contributed by atoms with Gasteiger partial charge in [-0.25, -0.2) is 23.5 Å². The third-order valence-electron chi connectivity index (χ3n) is 2.93. The molecule has 23 heavy (non-hydrogen) atoms. The predicted molar refractivity (Wildman–Crippen MR) is 83.3 cm³/mol. The molecule has 1 aromatic heterocycles. The molecule has 6 nitrogen and oxygen atoms in total. The molecule has 0 aliphatic rings. The quantitative estimate of drug-likeness (QED) is 0.907. The second-order valence-corrected chi connectivity index (χ2v) is 5.11. The number of benzene rings is 1. The molecule has 0 saturated heterocycles. The summed E-state index contributed by atoms with van der Waals surface area (Å²) in [7, 11) is 3.70. The van der Waals surface area contributed by atoms with E-state index in [1.807, 2.05) is 32.0 Å². The Bertz CT molecular complexity index is 721. The van der Waals surface area contributed by atoms with Crippen LogP contribution in [-0.4, -0.2) is 30.1 Å². The van der Waals surface area contributed by atoms with Crippen molar-refractivity contribution < 1.29 is 13.6 Å². The van der Waals surface area contributed by atoms with E-state index in [0.717, 1.165) is 23.6 Å². The largest absolute Gasteiger partial charge is 0.363 e. The van der Waals surface area contributed by atoms with Crippen LogP contribution in [0.15, 0.2) is 24.3 Å². The number of nitrogens with zero attached hydrogens (tertiary/aromatic N) is 3. The van der Waals surface area contributed by atoms with Crippen molar-refractivity contribution in [3.05, 3.63) is 47.4 Å². The van der Waals surface area contributed by atoms with E-state index in [1.54, 1.807) is 0 Å². The summed E-state index contributed by atoms with van der Waals surface area (Å²) in [5.74, 6) is -0.401. The highest BCUT2D eigenvalue weighted by Crippen LogP contribution is 2.14. The van der Waals surface area contributed by atoms with Gasteiger partial charge in [-0.2, -0.15) is 0 Å². The van der Waals surface area contributed by atoms with Crippen LogP contribution in [0, 0.1) is 18.6 Å². The molecule has 0 fully saturated rings. The van der Waals surface area contributed by atoms with E-state index < -0.39 is 17.7 Å². The number of hydrogen-bond donors (Lipinski definition) is 2. The van der Waals surface area contributed by atoms with E-state index in [4.69, 9.17) is 0 Å². The Balaban J connectivity index is 1.99. The number of aryl methyl sites for hydroxylation is 1. The number of urea groups is 1. The summed E-state index contributed by atoms with van der Waals surface area (Å²) < 4.78 is 26.3. The second kappa shape index (κ2) is 6.99. The van der Waals surface area contributed by atoms with E-state index in [1.165, 1.54) is 0 Å². The van der Waals surface area contributed by atoms with Crippen LogP contribution in [0.1, 0.15) is 11.5 Å². The normalized spacial score (nSPS) is 10.3. The molecule has 0 aliphatic heterocycles. The average Bonchev–Trinajstić information content (AvgIpc) is 2.47. The molecule has 0 bridgehead atoms. The van der Waals surface area contributed by atoms with Crippen LogP contribution in [0.25, 0.3) is 0 Å². The molecule has 0 spiro atoms. The number of carbonyl (C=O) groups excluding carboxylic acids is 1. The lowest BCUT2D eigenvalue weighted by atomic mass is 10.3. The van der Waals surface area contributed by atoms with E-state index in [2.05, 4.69) is 20.6 Å². The van der Waals surface area contributed by atoms with Crippen molar-refractivity contribution in [3.63, 3.8) is 0 Å². The fraction of sp³-hybridized carbons (Fsp3) is 0.267. The Kier molecular flexibility index (Phi) is 5.05. The smallest absolute Gasteiger partial charge is 0.319 e. The SMILES string of the molecule is Cc1cc(N(C)C)nc(CNC(=O)Nc2ccc(F)cc2F)n1. The first-order valence-electron chi connectivity index (χ1n) is 6.87. The molecule has 0 aliphatic carbocycles. The molecule has 1 aromatic carbocycles. The second-order valence-electron chi connectivity index (χ2n) is 5.11. The molecule has 0 saturated carbocycles. The van der Waals surface area contributed by atoms with Crippen LogP contribution in [0.3, 0.4) is 0 Å². The average molecular weight is 321 g/mol. The fourth-order valence-corrected chi connectivity index (χ4v) is 1.84. The van der Waals surface area contributed by atoms with Gasteiger partial charge < -0.3 is 15.5 Å². The van der Waals surface area contributed by atoms with Gasteiger partial charge in [0.15, 0.2) is 0 Å². The van der Waals surface area contributed by atoms with Gasteiger partial charge in [0.05, 0.1) is 12.2 Å². The maximum absolute atomic E-state index is 13.5. The summed E-state index contributed by atoms with van der Waals surface area (Å²) in [6, 6.07) is 4.09. The minimum Gasteiger partial charge on any atom is -0.363 e. The van der Waals surface area contributed by atoms with Gasteiger partial charge in [0.25, 0.3) is 0 Å². The number of aromatic nitrogens is 2. The van der Waals surface area contributed by atoms with Crippen molar-refractivity contribution in [2.75, 3.05) is 24.3 Å². The van der Waals surface area contributed by atoms with Crippen LogP contribution in [-0.2, 0) is 6.54 Å². The van der Waals surface area contributed by atoms with Crippen molar-refractivity contribution in [1.82, 2.24) is 15.3 Å². The Morgan fingerprint density at radius 3 is 2.61 bits per heavy atom. The van der Waals surface area contributed by atoms with Crippen molar-refractivity contribution in [1.29, 1.82) is 0 Å². The number of halogens is 2. The van der Waals surface area contributed by atoms with E-state index in [0.29, 0.717) is 11.9 Å². The fourth-order valence-electron chi connectivity index (χ4n) is 1.84. The molecule has 0 unspecified atom stereocenters. The van der Waals surface area contributed by atoms with Crippen molar-refractivity contribution in [2.45, 2.75) is 13.5 Å². The number of hydrogen-bond acceptors (Lipinski definition) is 4. The van der Waals surface area contributed by atoms with Gasteiger partial charge in [-0.1, -0.05) is 0 Å². The molecule has 122 valence electrons. The summed E-state index contributed by atoms with van der Waals surface area (Å²) in [5, 5.41) is 4.83. The number of amides is 2. The summed E-state index contributed by atoms with van der Waals surface area (Å²) in [4.78, 5) is 22.1. The molecule has 0 atom stereocenters. The number of nitrogens with one attached hydrogen (secondary N) is 2. The first kappa shape index (κ1) is 16.6. The van der Waals surface area contributed by atoms with Crippen molar-refractivity contribution in [2.24, 2.45) is 0 Å². The lowest BCUT2D eigenvalue weighted by Crippen LogP contribution is -2.29. The molecule has 2 aromatic rings. The molecule has 8 heteroatoms. The number of rotatable bonds is 4. The molecule has 0 radical (unpaired) electrons. The minimum absolute atomic E-state index is 0.0805. The summed E-state index contributed by atoms with van der Waals surface area (Å²) in [5.41, 5.74) is 0.661. The maximum Gasteiger partial charge on any atom is 0.319 e. The van der Waals surface area contributed by atoms with E-state index in [9.17, 15) is 13.6 Å². The van der Waals surface area contributed by atoms with E-state index in [-0.39, 0.29) is 12.2 Å². The van der Waals surface area contributed by atoms with Gasteiger partial charge in [-0.05, 0) is 19.1 Å². The lowest BCUT2D eigenvalue weighted by Gasteiger charge is -2.13. The standard InChI is InChI=1S/C15H17F2N5O/c1-9-6-14(22(2)3)21-13(19-9)8-18-15(23)20-12-5-4-10(16)7-11(12)17/h4-7H,8H2,1-3H3,(H2,18,20,23). The zero-order chi connectivity index (χ0) is 17.0. The zero-order valence-corrected chi connectivity index (χ0v) is 13.0. The molecular weight excluding hydrogens is 304 g/mol. The molecule has 2 rings (SSSR count). The summed E-state index contributed by atoms with van der Waals surface area (Å²) >= 11 is 0. The highest BCUT2D eigenvalue weighted by molar-refractivity contribution is 5.89. The third-order valence-corrected chi connectivity index (χ3v) is 2.93. The lowest BCUT2D eigenvalue weighted by molar-refractivity contribution is 0.251. The molecule has 2 N–H and O–H groups in total. The summed E-state index contributed by atoms with van der Waals surface area (Å²) in [6.45, 7) is 1.91. The summed E-state index contributed by atoms with van der Waals surface area (Å²) in [6.07, 6.45) is 0. The molecule has 1 heterocycles. The van der Waals surface area contributed by atoms with Crippen LogP contribution in [0.5, 0.6) is 0 Å².